The summed E-state index contributed by atoms with van der Waals surface area (Å²) in [6.07, 6.45) is 6.89. The van der Waals surface area contributed by atoms with Crippen molar-refractivity contribution in [3.8, 4) is 0 Å². The van der Waals surface area contributed by atoms with Crippen molar-refractivity contribution >= 4 is 11.8 Å². The molecule has 3 fully saturated rings. The van der Waals surface area contributed by atoms with Crippen molar-refractivity contribution in [1.82, 2.24) is 25.4 Å². The molecule has 2 amide bonds. The zero-order valence-electron chi connectivity index (χ0n) is 14.1. The number of nitrogens with zero attached hydrogens (tertiary/aromatic N) is 3. The Morgan fingerprint density at radius 2 is 1.96 bits per heavy atom. The van der Waals surface area contributed by atoms with E-state index in [1.54, 1.807) is 7.05 Å². The van der Waals surface area contributed by atoms with Gasteiger partial charge in [-0.25, -0.2) is 4.98 Å². The van der Waals surface area contributed by atoms with Gasteiger partial charge in [-0.1, -0.05) is 19.3 Å². The van der Waals surface area contributed by atoms with Crippen LogP contribution in [0.2, 0.25) is 0 Å². The molecule has 1 aliphatic heterocycles. The Morgan fingerprint density at radius 3 is 2.58 bits per heavy atom. The number of amides is 2. The van der Waals surface area contributed by atoms with Crippen molar-refractivity contribution in [2.75, 3.05) is 20.1 Å². The molecule has 3 aliphatic rings. The predicted molar refractivity (Wildman–Crippen MR) is 87.3 cm³/mol. The number of nitrogens with one attached hydrogen (secondary N) is 2. The molecule has 0 unspecified atom stereocenters. The summed E-state index contributed by atoms with van der Waals surface area (Å²) >= 11 is 0. The summed E-state index contributed by atoms with van der Waals surface area (Å²) in [6, 6.07) is 0. The maximum atomic E-state index is 12.6. The molecule has 2 atom stereocenters. The van der Waals surface area contributed by atoms with Crippen LogP contribution in [0, 0.1) is 17.8 Å². The number of hydrogen-bond acceptors (Lipinski definition) is 4. The number of aromatic nitrogens is 3. The van der Waals surface area contributed by atoms with Crippen molar-refractivity contribution < 1.29 is 9.59 Å². The number of carbonyl (C=O) groups is 2. The molecule has 1 aromatic heterocycles. The van der Waals surface area contributed by atoms with Crippen LogP contribution < -0.4 is 5.32 Å². The highest BCUT2D eigenvalue weighted by atomic mass is 16.2. The third kappa shape index (κ3) is 2.80. The fourth-order valence-corrected chi connectivity index (χ4v) is 4.17. The van der Waals surface area contributed by atoms with Gasteiger partial charge in [-0.3, -0.25) is 14.7 Å². The average Bonchev–Trinajstić information content (AvgIpc) is 3.17. The van der Waals surface area contributed by atoms with E-state index in [0.29, 0.717) is 17.7 Å². The van der Waals surface area contributed by atoms with E-state index in [0.717, 1.165) is 44.1 Å². The van der Waals surface area contributed by atoms with Crippen molar-refractivity contribution in [1.29, 1.82) is 0 Å². The van der Waals surface area contributed by atoms with Crippen LogP contribution in [0.3, 0.4) is 0 Å². The SMILES string of the molecule is CNC(=O)c1n[nH]c(C2CCN(C(=O)[C@@H]3C[C@H]3C3CCC3)CC2)n1. The van der Waals surface area contributed by atoms with Gasteiger partial charge >= 0.3 is 0 Å². The van der Waals surface area contributed by atoms with E-state index in [1.165, 1.54) is 19.3 Å². The molecule has 2 aliphatic carbocycles. The van der Waals surface area contributed by atoms with Crippen molar-refractivity contribution in [3.05, 3.63) is 11.6 Å². The highest BCUT2D eigenvalue weighted by molar-refractivity contribution is 5.90. The number of carbonyl (C=O) groups excluding carboxylic acids is 2. The standard InChI is InChI=1S/C17H25N5O2/c1-18-16(23)15-19-14(20-21-15)11-5-7-22(8-6-11)17(24)13-9-12(13)10-3-2-4-10/h10-13H,2-9H2,1H3,(H,18,23)(H,19,20,21)/t12-,13+/m0/s1. The van der Waals surface area contributed by atoms with Gasteiger partial charge in [-0.2, -0.15) is 0 Å². The first-order chi connectivity index (χ1) is 11.7. The van der Waals surface area contributed by atoms with E-state index < -0.39 is 0 Å². The lowest BCUT2D eigenvalue weighted by atomic mass is 9.81. The molecule has 7 heteroatoms. The highest BCUT2D eigenvalue weighted by Crippen LogP contribution is 2.52. The Bertz CT molecular complexity index is 631. The molecule has 2 N–H and O–H groups in total. The van der Waals surface area contributed by atoms with E-state index in [9.17, 15) is 9.59 Å². The molecule has 0 radical (unpaired) electrons. The first-order valence-corrected chi connectivity index (χ1v) is 9.10. The monoisotopic (exact) mass is 331 g/mol. The molecule has 0 spiro atoms. The summed E-state index contributed by atoms with van der Waals surface area (Å²) in [5.74, 6) is 3.10. The Morgan fingerprint density at radius 1 is 1.21 bits per heavy atom. The van der Waals surface area contributed by atoms with Crippen LogP contribution in [-0.2, 0) is 4.79 Å². The molecule has 1 aromatic rings. The molecular weight excluding hydrogens is 306 g/mol. The minimum atomic E-state index is -0.277. The molecule has 0 bridgehead atoms. The fourth-order valence-electron chi connectivity index (χ4n) is 4.17. The molecule has 24 heavy (non-hydrogen) atoms. The number of rotatable bonds is 4. The Balaban J connectivity index is 1.29. The van der Waals surface area contributed by atoms with Crippen LogP contribution in [0.4, 0.5) is 0 Å². The molecule has 2 heterocycles. The van der Waals surface area contributed by atoms with Crippen LogP contribution in [0.15, 0.2) is 0 Å². The maximum absolute atomic E-state index is 12.6. The lowest BCUT2D eigenvalue weighted by molar-refractivity contribution is -0.134. The van der Waals surface area contributed by atoms with Gasteiger partial charge in [0.25, 0.3) is 5.91 Å². The zero-order chi connectivity index (χ0) is 16.7. The van der Waals surface area contributed by atoms with Gasteiger partial charge in [0.15, 0.2) is 0 Å². The van der Waals surface area contributed by atoms with Gasteiger partial charge in [0.2, 0.25) is 11.7 Å². The fraction of sp³-hybridized carbons (Fsp3) is 0.765. The largest absolute Gasteiger partial charge is 0.352 e. The van der Waals surface area contributed by atoms with Crippen LogP contribution in [0.25, 0.3) is 0 Å². The second kappa shape index (κ2) is 6.18. The molecule has 0 aromatic carbocycles. The summed E-state index contributed by atoms with van der Waals surface area (Å²) < 4.78 is 0. The number of aromatic amines is 1. The minimum absolute atomic E-state index is 0.187. The van der Waals surface area contributed by atoms with Crippen molar-refractivity contribution in [3.63, 3.8) is 0 Å². The average molecular weight is 331 g/mol. The predicted octanol–water partition coefficient (Wildman–Crippen LogP) is 1.31. The van der Waals surface area contributed by atoms with Gasteiger partial charge < -0.3 is 10.2 Å². The van der Waals surface area contributed by atoms with Crippen molar-refractivity contribution in [2.45, 2.75) is 44.4 Å². The van der Waals surface area contributed by atoms with Gasteiger partial charge in [0, 0.05) is 32.0 Å². The Labute approximate surface area is 141 Å². The normalized spacial score (nSPS) is 27.6. The summed E-state index contributed by atoms with van der Waals surface area (Å²) in [6.45, 7) is 1.57. The second-order valence-corrected chi connectivity index (χ2v) is 7.42. The molecule has 130 valence electrons. The molecule has 4 rings (SSSR count). The number of piperidine rings is 1. The summed E-state index contributed by atoms with van der Waals surface area (Å²) in [5.41, 5.74) is 0. The van der Waals surface area contributed by atoms with E-state index in [4.69, 9.17) is 0 Å². The number of H-pyrrole nitrogens is 1. The molecular formula is C17H25N5O2. The van der Waals surface area contributed by atoms with E-state index >= 15 is 0 Å². The smallest absolute Gasteiger partial charge is 0.290 e. The third-order valence-corrected chi connectivity index (χ3v) is 6.04. The second-order valence-electron chi connectivity index (χ2n) is 7.42. The topological polar surface area (TPSA) is 91.0 Å². The Hall–Kier alpha value is -1.92. The highest BCUT2D eigenvalue weighted by Gasteiger charge is 2.50. The van der Waals surface area contributed by atoms with Crippen LogP contribution in [-0.4, -0.2) is 52.0 Å². The number of hydrogen-bond donors (Lipinski definition) is 2. The van der Waals surface area contributed by atoms with Gasteiger partial charge in [0.1, 0.15) is 5.82 Å². The van der Waals surface area contributed by atoms with Gasteiger partial charge in [-0.05, 0) is 31.1 Å². The van der Waals surface area contributed by atoms with Gasteiger partial charge in [-0.15, -0.1) is 5.10 Å². The number of likely N-dealkylation sites (tertiary alicyclic amines) is 1. The quantitative estimate of drug-likeness (QED) is 0.870. The minimum Gasteiger partial charge on any atom is -0.352 e. The zero-order valence-corrected chi connectivity index (χ0v) is 14.1. The third-order valence-electron chi connectivity index (χ3n) is 6.04. The van der Waals surface area contributed by atoms with Crippen molar-refractivity contribution in [2.24, 2.45) is 17.8 Å². The summed E-state index contributed by atoms with van der Waals surface area (Å²) in [4.78, 5) is 30.5. The summed E-state index contributed by atoms with van der Waals surface area (Å²) in [5, 5.41) is 9.38. The molecule has 7 nitrogen and oxygen atoms in total. The van der Waals surface area contributed by atoms with E-state index in [-0.39, 0.29) is 17.6 Å². The van der Waals surface area contributed by atoms with Crippen LogP contribution in [0.5, 0.6) is 0 Å². The van der Waals surface area contributed by atoms with Crippen LogP contribution >= 0.6 is 0 Å². The maximum Gasteiger partial charge on any atom is 0.290 e. The summed E-state index contributed by atoms with van der Waals surface area (Å²) in [7, 11) is 1.57. The lowest BCUT2D eigenvalue weighted by Crippen LogP contribution is -2.39. The molecule has 2 saturated carbocycles. The van der Waals surface area contributed by atoms with Crippen LogP contribution in [0.1, 0.15) is 60.9 Å². The first-order valence-electron chi connectivity index (χ1n) is 9.10. The molecule has 1 saturated heterocycles. The lowest BCUT2D eigenvalue weighted by Gasteiger charge is -2.32. The van der Waals surface area contributed by atoms with Gasteiger partial charge in [0.05, 0.1) is 0 Å². The van der Waals surface area contributed by atoms with E-state index in [1.807, 2.05) is 4.90 Å². The first kappa shape index (κ1) is 15.6. The Kier molecular flexibility index (Phi) is 4.02. The van der Waals surface area contributed by atoms with E-state index in [2.05, 4.69) is 20.5 Å².